The number of anilines is 1. The molecule has 2 N–H and O–H groups in total. The number of furan rings is 1. The van der Waals surface area contributed by atoms with Crippen LogP contribution in [0.25, 0.3) is 6.08 Å². The number of hydrogen-bond donors (Lipinski definition) is 2. The van der Waals surface area contributed by atoms with Crippen LogP contribution in [0.5, 0.6) is 0 Å². The van der Waals surface area contributed by atoms with Crippen molar-refractivity contribution in [2.75, 3.05) is 44.7 Å². The molecule has 1 saturated heterocycles. The Bertz CT molecular complexity index is 1030. The van der Waals surface area contributed by atoms with Gasteiger partial charge in [-0.3, -0.25) is 9.69 Å². The van der Waals surface area contributed by atoms with E-state index in [-0.39, 0.29) is 12.0 Å². The van der Waals surface area contributed by atoms with Crippen molar-refractivity contribution in [2.24, 2.45) is 0 Å². The van der Waals surface area contributed by atoms with Gasteiger partial charge in [0.05, 0.1) is 31.3 Å². The quantitative estimate of drug-likeness (QED) is 0.598. The van der Waals surface area contributed by atoms with Crippen molar-refractivity contribution in [3.05, 3.63) is 46.2 Å². The Kier molecular flexibility index (Phi) is 7.78. The molecule has 0 bridgehead atoms. The van der Waals surface area contributed by atoms with Crippen molar-refractivity contribution in [2.45, 2.75) is 25.4 Å². The molecule has 0 spiro atoms. The molecule has 2 aromatic rings. The summed E-state index contributed by atoms with van der Waals surface area (Å²) in [6.45, 7) is 4.49. The molecule has 0 radical (unpaired) electrons. The molecular weight excluding hydrogens is 444 g/mol. The molecule has 2 aromatic heterocycles. The van der Waals surface area contributed by atoms with Gasteiger partial charge < -0.3 is 24.5 Å². The zero-order valence-electron chi connectivity index (χ0n) is 18.2. The van der Waals surface area contributed by atoms with Crippen molar-refractivity contribution in [3.63, 3.8) is 0 Å². The van der Waals surface area contributed by atoms with Gasteiger partial charge in [0.1, 0.15) is 17.2 Å². The number of fused-ring (bicyclic) bond motifs is 1. The Morgan fingerprint density at radius 3 is 2.97 bits per heavy atom. The van der Waals surface area contributed by atoms with Crippen molar-refractivity contribution in [1.29, 1.82) is 5.26 Å². The third kappa shape index (κ3) is 6.22. The first-order valence-electron chi connectivity index (χ1n) is 10.9. The van der Waals surface area contributed by atoms with E-state index in [1.165, 1.54) is 29.9 Å². The molecule has 10 heteroatoms. The minimum absolute atomic E-state index is 0.254. The number of thiophene rings is 1. The number of rotatable bonds is 7. The largest absolute Gasteiger partial charge is 0.472 e. The lowest BCUT2D eigenvalue weighted by Crippen LogP contribution is -2.42. The molecule has 174 valence electrons. The highest BCUT2D eigenvalue weighted by Gasteiger charge is 2.28. The van der Waals surface area contributed by atoms with E-state index < -0.39 is 6.09 Å². The van der Waals surface area contributed by atoms with Crippen LogP contribution in [0.2, 0.25) is 0 Å². The first kappa shape index (κ1) is 23.0. The Morgan fingerprint density at radius 2 is 2.21 bits per heavy atom. The van der Waals surface area contributed by atoms with Gasteiger partial charge in [0.15, 0.2) is 0 Å². The molecule has 9 nitrogen and oxygen atoms in total. The molecule has 3 heterocycles. The number of carbonyl (C=O) groups is 2. The van der Waals surface area contributed by atoms with Crippen LogP contribution in [0.4, 0.5) is 9.80 Å². The number of nitriles is 1. The molecule has 0 aromatic carbocycles. The van der Waals surface area contributed by atoms with Crippen LogP contribution in [0.15, 0.2) is 29.1 Å². The number of nitrogens with zero attached hydrogens (tertiary/aromatic N) is 2. The van der Waals surface area contributed by atoms with Gasteiger partial charge in [0.2, 0.25) is 5.91 Å². The van der Waals surface area contributed by atoms with Crippen molar-refractivity contribution in [3.8, 4) is 6.07 Å². The average Bonchev–Trinajstić information content (AvgIpc) is 3.45. The summed E-state index contributed by atoms with van der Waals surface area (Å²) < 4.78 is 15.9. The van der Waals surface area contributed by atoms with Crippen LogP contribution >= 0.6 is 11.3 Å². The predicted molar refractivity (Wildman–Crippen MR) is 123 cm³/mol. The molecule has 1 fully saturated rings. The van der Waals surface area contributed by atoms with E-state index in [2.05, 4.69) is 21.6 Å². The van der Waals surface area contributed by atoms with Gasteiger partial charge in [0.25, 0.3) is 0 Å². The predicted octanol–water partition coefficient (Wildman–Crippen LogP) is 2.78. The first-order valence-corrected chi connectivity index (χ1v) is 11.7. The van der Waals surface area contributed by atoms with Gasteiger partial charge in [-0.2, -0.15) is 5.26 Å². The van der Waals surface area contributed by atoms with Crippen LogP contribution in [0.1, 0.15) is 28.0 Å². The second-order valence-corrected chi connectivity index (χ2v) is 8.96. The van der Waals surface area contributed by atoms with Crippen molar-refractivity contribution >= 4 is 34.4 Å². The summed E-state index contributed by atoms with van der Waals surface area (Å²) in [5, 5.41) is 15.8. The molecule has 0 saturated carbocycles. The first-order chi connectivity index (χ1) is 16.1. The van der Waals surface area contributed by atoms with E-state index in [1.54, 1.807) is 12.1 Å². The van der Waals surface area contributed by atoms with Crippen LogP contribution in [-0.2, 0) is 27.1 Å². The lowest BCUT2D eigenvalue weighted by atomic mass is 9.94. The summed E-state index contributed by atoms with van der Waals surface area (Å²) in [6, 6.07) is 3.96. The summed E-state index contributed by atoms with van der Waals surface area (Å²) in [5.41, 5.74) is 2.21. The second-order valence-electron chi connectivity index (χ2n) is 7.85. The zero-order valence-corrected chi connectivity index (χ0v) is 19.0. The number of amides is 2. The smallest absolute Gasteiger partial charge is 0.407 e. The minimum Gasteiger partial charge on any atom is -0.472 e. The highest BCUT2D eigenvalue weighted by Crippen LogP contribution is 2.38. The summed E-state index contributed by atoms with van der Waals surface area (Å²) in [4.78, 5) is 27.7. The van der Waals surface area contributed by atoms with Crippen LogP contribution in [0, 0.1) is 11.3 Å². The number of nitrogens with one attached hydrogen (secondary N) is 2. The second kappa shape index (κ2) is 11.1. The lowest BCUT2D eigenvalue weighted by Gasteiger charge is -2.27. The van der Waals surface area contributed by atoms with E-state index in [1.807, 2.05) is 0 Å². The maximum Gasteiger partial charge on any atom is 0.407 e. The van der Waals surface area contributed by atoms with Crippen molar-refractivity contribution < 1.29 is 23.5 Å². The number of ether oxygens (including phenoxy) is 2. The Morgan fingerprint density at radius 1 is 1.36 bits per heavy atom. The SMILES string of the molecule is N#Cc1c(NC(=O)/C=C/c2ccoc2)sc2c1CCC(OC(=O)NCCN1CCOCC1)C2. The summed E-state index contributed by atoms with van der Waals surface area (Å²) in [5.74, 6) is -0.321. The van der Waals surface area contributed by atoms with Crippen molar-refractivity contribution in [1.82, 2.24) is 10.2 Å². The van der Waals surface area contributed by atoms with E-state index >= 15 is 0 Å². The third-order valence-corrected chi connectivity index (χ3v) is 6.78. The molecule has 1 aliphatic heterocycles. The van der Waals surface area contributed by atoms with Crippen LogP contribution in [0.3, 0.4) is 0 Å². The summed E-state index contributed by atoms with van der Waals surface area (Å²) >= 11 is 1.37. The zero-order chi connectivity index (χ0) is 23.0. The Hall–Kier alpha value is -3.13. The van der Waals surface area contributed by atoms with E-state index in [0.717, 1.165) is 48.9 Å². The molecule has 1 unspecified atom stereocenters. The number of morpholine rings is 1. The molecule has 33 heavy (non-hydrogen) atoms. The van der Waals surface area contributed by atoms with E-state index in [9.17, 15) is 14.9 Å². The maximum atomic E-state index is 12.3. The van der Waals surface area contributed by atoms with E-state index in [4.69, 9.17) is 13.9 Å². The molecular formula is C23H26N4O5S. The summed E-state index contributed by atoms with van der Waals surface area (Å²) in [7, 11) is 0. The monoisotopic (exact) mass is 470 g/mol. The maximum absolute atomic E-state index is 12.3. The number of hydrogen-bond acceptors (Lipinski definition) is 8. The number of carbonyl (C=O) groups excluding carboxylic acids is 2. The minimum atomic E-state index is -0.424. The van der Waals surface area contributed by atoms with Crippen LogP contribution < -0.4 is 10.6 Å². The van der Waals surface area contributed by atoms with Gasteiger partial charge in [-0.15, -0.1) is 11.3 Å². The fourth-order valence-electron chi connectivity index (χ4n) is 3.89. The highest BCUT2D eigenvalue weighted by molar-refractivity contribution is 7.16. The topological polar surface area (TPSA) is 117 Å². The third-order valence-electron chi connectivity index (χ3n) is 5.61. The fourth-order valence-corrected chi connectivity index (χ4v) is 5.16. The van der Waals surface area contributed by atoms with Gasteiger partial charge in [-0.1, -0.05) is 0 Å². The average molecular weight is 471 g/mol. The normalized spacial score (nSPS) is 18.5. The molecule has 2 aliphatic rings. The van der Waals surface area contributed by atoms with Crippen LogP contribution in [-0.4, -0.2) is 62.4 Å². The van der Waals surface area contributed by atoms with Gasteiger partial charge in [-0.25, -0.2) is 4.79 Å². The lowest BCUT2D eigenvalue weighted by molar-refractivity contribution is -0.111. The van der Waals surface area contributed by atoms with Gasteiger partial charge in [-0.05, 0) is 30.5 Å². The standard InChI is InChI=1S/C23H26N4O5S/c24-14-19-18-3-2-17(32-23(29)25-6-7-27-8-11-30-12-9-27)13-20(18)33-22(19)26-21(28)4-1-16-5-10-31-15-16/h1,4-5,10,15,17H,2-3,6-9,11-13H2,(H,25,29)(H,26,28)/b4-1+. The summed E-state index contributed by atoms with van der Waals surface area (Å²) in [6.07, 6.45) is 7.23. The Balaban J connectivity index is 1.29. The molecule has 1 atom stereocenters. The molecule has 1 aliphatic carbocycles. The van der Waals surface area contributed by atoms with Gasteiger partial charge >= 0.3 is 6.09 Å². The Labute approximate surface area is 195 Å². The highest BCUT2D eigenvalue weighted by atomic mass is 32.1. The van der Waals surface area contributed by atoms with E-state index in [0.29, 0.717) is 36.4 Å². The molecule has 2 amide bonds. The number of alkyl carbamates (subject to hydrolysis) is 1. The fraction of sp³-hybridized carbons (Fsp3) is 0.435. The molecule has 4 rings (SSSR count). The van der Waals surface area contributed by atoms with Gasteiger partial charge in [0, 0.05) is 49.1 Å².